The maximum absolute atomic E-state index is 10.8. The van der Waals surface area contributed by atoms with E-state index < -0.39 is 12.2 Å². The topological polar surface area (TPSA) is 75.9 Å². The zero-order valence-electron chi connectivity index (χ0n) is 5.15. The van der Waals surface area contributed by atoms with Crippen LogP contribution >= 0.6 is 0 Å². The van der Waals surface area contributed by atoms with Crippen molar-refractivity contribution in [3.05, 3.63) is 11.8 Å². The molecular weight excluding hydrogens is 134 g/mol. The van der Waals surface area contributed by atoms with Crippen LogP contribution in [0.2, 0.25) is 0 Å². The number of hydrogen-bond donors (Lipinski definition) is 2. The number of nitrogens with two attached hydrogens (primary N) is 1. The highest BCUT2D eigenvalue weighted by Gasteiger charge is 2.52. The molecule has 2 aliphatic rings. The first kappa shape index (κ1) is 5.88. The fourth-order valence-corrected chi connectivity index (χ4v) is 1.11. The first-order valence-electron chi connectivity index (χ1n) is 3.04. The van der Waals surface area contributed by atoms with Gasteiger partial charge in [-0.3, -0.25) is 4.79 Å². The maximum Gasteiger partial charge on any atom is 0.189 e. The second kappa shape index (κ2) is 1.59. The predicted molar refractivity (Wildman–Crippen MR) is 31.9 cm³/mol. The standard InChI is InChI=1S/C6H7NO3/c7-2-1-3(8)5-6(10-5)4(2)9/h1,4-6,9H,7H2. The predicted octanol–water partition coefficient (Wildman–Crippen LogP) is -1.46. The monoisotopic (exact) mass is 141 g/mol. The summed E-state index contributed by atoms with van der Waals surface area (Å²) in [5.41, 5.74) is 5.51. The first-order valence-corrected chi connectivity index (χ1v) is 3.04. The van der Waals surface area contributed by atoms with Crippen molar-refractivity contribution in [3.63, 3.8) is 0 Å². The third-order valence-corrected chi connectivity index (χ3v) is 1.77. The highest BCUT2D eigenvalue weighted by atomic mass is 16.6. The van der Waals surface area contributed by atoms with Crippen molar-refractivity contribution < 1.29 is 14.6 Å². The zero-order chi connectivity index (χ0) is 7.30. The highest BCUT2D eigenvalue weighted by molar-refractivity contribution is 5.97. The lowest BCUT2D eigenvalue weighted by Crippen LogP contribution is -2.31. The molecule has 10 heavy (non-hydrogen) atoms. The lowest BCUT2D eigenvalue weighted by Gasteiger charge is -2.09. The lowest BCUT2D eigenvalue weighted by atomic mass is 10.0. The van der Waals surface area contributed by atoms with Gasteiger partial charge in [-0.15, -0.1) is 0 Å². The van der Waals surface area contributed by atoms with Gasteiger partial charge in [-0.1, -0.05) is 0 Å². The number of ether oxygens (including phenoxy) is 1. The molecular formula is C6H7NO3. The molecule has 1 fully saturated rings. The summed E-state index contributed by atoms with van der Waals surface area (Å²) in [5.74, 6) is -0.132. The van der Waals surface area contributed by atoms with Gasteiger partial charge in [0.25, 0.3) is 0 Å². The van der Waals surface area contributed by atoms with Crippen LogP contribution in [0.25, 0.3) is 0 Å². The van der Waals surface area contributed by atoms with E-state index in [-0.39, 0.29) is 17.6 Å². The molecule has 1 saturated heterocycles. The van der Waals surface area contributed by atoms with E-state index in [1.165, 1.54) is 6.08 Å². The van der Waals surface area contributed by atoms with Crippen molar-refractivity contribution in [2.45, 2.75) is 18.3 Å². The van der Waals surface area contributed by atoms with Crippen molar-refractivity contribution in [2.75, 3.05) is 0 Å². The van der Waals surface area contributed by atoms with E-state index in [1.54, 1.807) is 0 Å². The number of epoxide rings is 1. The van der Waals surface area contributed by atoms with Crippen LogP contribution < -0.4 is 5.73 Å². The molecule has 1 aliphatic heterocycles. The van der Waals surface area contributed by atoms with Gasteiger partial charge >= 0.3 is 0 Å². The molecule has 3 unspecified atom stereocenters. The van der Waals surface area contributed by atoms with Crippen molar-refractivity contribution in [3.8, 4) is 0 Å². The minimum Gasteiger partial charge on any atom is -0.400 e. The SMILES string of the molecule is NC1=CC(=O)C2OC2C1O. The number of carbonyl (C=O) groups is 1. The van der Waals surface area contributed by atoms with Crippen LogP contribution in [-0.4, -0.2) is 29.2 Å². The molecule has 3 atom stereocenters. The molecule has 0 aromatic rings. The van der Waals surface area contributed by atoms with Crippen LogP contribution in [0.1, 0.15) is 0 Å². The number of hydrogen-bond acceptors (Lipinski definition) is 4. The van der Waals surface area contributed by atoms with Crippen LogP contribution in [0.15, 0.2) is 11.8 Å². The van der Waals surface area contributed by atoms with Crippen LogP contribution in [0.3, 0.4) is 0 Å². The Labute approximate surface area is 57.3 Å². The summed E-state index contributed by atoms with van der Waals surface area (Å²) in [7, 11) is 0. The summed E-state index contributed by atoms with van der Waals surface area (Å²) in [5, 5.41) is 9.14. The number of aliphatic hydroxyl groups is 1. The molecule has 1 aliphatic carbocycles. The molecule has 0 bridgehead atoms. The Morgan fingerprint density at radius 2 is 2.40 bits per heavy atom. The highest BCUT2D eigenvalue weighted by Crippen LogP contribution is 2.32. The summed E-state index contributed by atoms with van der Waals surface area (Å²) < 4.78 is 4.84. The Bertz CT molecular complexity index is 223. The van der Waals surface area contributed by atoms with Gasteiger partial charge in [-0.25, -0.2) is 0 Å². The minimum absolute atomic E-state index is 0.132. The summed E-state index contributed by atoms with van der Waals surface area (Å²) >= 11 is 0. The normalized spacial score (nSPS) is 44.3. The van der Waals surface area contributed by atoms with Gasteiger partial charge in [0, 0.05) is 11.8 Å². The Kier molecular flexibility index (Phi) is 0.934. The largest absolute Gasteiger partial charge is 0.400 e. The van der Waals surface area contributed by atoms with E-state index in [9.17, 15) is 4.79 Å². The zero-order valence-corrected chi connectivity index (χ0v) is 5.15. The van der Waals surface area contributed by atoms with Gasteiger partial charge in [0.1, 0.15) is 18.3 Å². The van der Waals surface area contributed by atoms with Crippen molar-refractivity contribution in [1.29, 1.82) is 0 Å². The van der Waals surface area contributed by atoms with Gasteiger partial charge < -0.3 is 15.6 Å². The van der Waals surface area contributed by atoms with Crippen LogP contribution in [0.4, 0.5) is 0 Å². The molecule has 54 valence electrons. The molecule has 0 amide bonds. The number of carbonyl (C=O) groups excluding carboxylic acids is 1. The average Bonchev–Trinajstić information content (AvgIpc) is 2.61. The van der Waals surface area contributed by atoms with Crippen molar-refractivity contribution in [1.82, 2.24) is 0 Å². The maximum atomic E-state index is 10.8. The summed E-state index contributed by atoms with van der Waals surface area (Å²) in [6, 6.07) is 0. The number of rotatable bonds is 0. The fraction of sp³-hybridized carbons (Fsp3) is 0.500. The molecule has 0 radical (unpaired) electrons. The van der Waals surface area contributed by atoms with Crippen molar-refractivity contribution in [2.24, 2.45) is 5.73 Å². The molecule has 0 spiro atoms. The van der Waals surface area contributed by atoms with Gasteiger partial charge in [-0.2, -0.15) is 0 Å². The smallest absolute Gasteiger partial charge is 0.189 e. The van der Waals surface area contributed by atoms with E-state index >= 15 is 0 Å². The van der Waals surface area contributed by atoms with E-state index in [1.807, 2.05) is 0 Å². The van der Waals surface area contributed by atoms with Crippen LogP contribution in [0, 0.1) is 0 Å². The quantitative estimate of drug-likeness (QED) is 0.404. The van der Waals surface area contributed by atoms with Crippen LogP contribution in [-0.2, 0) is 9.53 Å². The molecule has 2 rings (SSSR count). The Hall–Kier alpha value is -0.870. The summed E-state index contributed by atoms with van der Waals surface area (Å²) in [6.45, 7) is 0. The summed E-state index contributed by atoms with van der Waals surface area (Å²) in [6.07, 6.45) is -0.318. The minimum atomic E-state index is -0.775. The van der Waals surface area contributed by atoms with Crippen molar-refractivity contribution >= 4 is 5.78 Å². The molecule has 4 heteroatoms. The molecule has 0 aromatic carbocycles. The summed E-state index contributed by atoms with van der Waals surface area (Å²) in [4.78, 5) is 10.8. The number of ketones is 1. The molecule has 3 N–H and O–H groups in total. The van der Waals surface area contributed by atoms with Gasteiger partial charge in [-0.05, 0) is 0 Å². The van der Waals surface area contributed by atoms with Crippen LogP contribution in [0.5, 0.6) is 0 Å². The Morgan fingerprint density at radius 3 is 3.10 bits per heavy atom. The third kappa shape index (κ3) is 0.600. The molecule has 0 saturated carbocycles. The van der Waals surface area contributed by atoms with E-state index in [0.717, 1.165) is 0 Å². The van der Waals surface area contributed by atoms with Gasteiger partial charge in [0.15, 0.2) is 5.78 Å². The fourth-order valence-electron chi connectivity index (χ4n) is 1.11. The molecule has 1 heterocycles. The third-order valence-electron chi connectivity index (χ3n) is 1.77. The van der Waals surface area contributed by atoms with E-state index in [2.05, 4.69) is 0 Å². The van der Waals surface area contributed by atoms with E-state index in [0.29, 0.717) is 0 Å². The van der Waals surface area contributed by atoms with Gasteiger partial charge in [0.05, 0.1) is 0 Å². The average molecular weight is 141 g/mol. The first-order chi connectivity index (χ1) is 4.70. The van der Waals surface area contributed by atoms with Gasteiger partial charge in [0.2, 0.25) is 0 Å². The number of fused-ring (bicyclic) bond motifs is 1. The Balaban J connectivity index is 2.30. The second-order valence-corrected chi connectivity index (χ2v) is 2.51. The van der Waals surface area contributed by atoms with E-state index in [4.69, 9.17) is 15.6 Å². The Morgan fingerprint density at radius 1 is 1.70 bits per heavy atom. The second-order valence-electron chi connectivity index (χ2n) is 2.51. The lowest BCUT2D eigenvalue weighted by molar-refractivity contribution is -0.116. The number of aliphatic hydroxyl groups excluding tert-OH is 1. The molecule has 0 aromatic heterocycles. The molecule has 4 nitrogen and oxygen atoms in total.